The van der Waals surface area contributed by atoms with Crippen LogP contribution in [0.25, 0.3) is 11.3 Å². The number of nitrogens with zero attached hydrogens (tertiary/aromatic N) is 1. The zero-order valence-corrected chi connectivity index (χ0v) is 8.50. The average Bonchev–Trinajstić information content (AvgIpc) is 2.28. The number of alkyl halides is 3. The van der Waals surface area contributed by atoms with Crippen molar-refractivity contribution in [2.75, 3.05) is 0 Å². The molecule has 5 heteroatoms. The van der Waals surface area contributed by atoms with Crippen molar-refractivity contribution in [2.45, 2.75) is 6.18 Å². The Kier molecular flexibility index (Phi) is 2.83. The SMILES string of the molecule is Fc1cc(-c2ccccc2)nc(C(F)(F)F)c1. The van der Waals surface area contributed by atoms with Crippen molar-refractivity contribution in [3.63, 3.8) is 0 Å². The standard InChI is InChI=1S/C12H7F4N/c13-9-6-10(8-4-2-1-3-5-8)17-11(7-9)12(14,15)16/h1-7H. The second-order valence-electron chi connectivity index (χ2n) is 3.42. The van der Waals surface area contributed by atoms with Crippen molar-refractivity contribution in [3.05, 3.63) is 54.0 Å². The first-order valence-corrected chi connectivity index (χ1v) is 4.77. The van der Waals surface area contributed by atoms with Gasteiger partial charge in [0.25, 0.3) is 0 Å². The van der Waals surface area contributed by atoms with Crippen LogP contribution in [0.2, 0.25) is 0 Å². The van der Waals surface area contributed by atoms with Crippen LogP contribution in [0, 0.1) is 5.82 Å². The van der Waals surface area contributed by atoms with E-state index < -0.39 is 17.7 Å². The smallest absolute Gasteiger partial charge is 0.243 e. The largest absolute Gasteiger partial charge is 0.433 e. The molecular formula is C12H7F4N. The van der Waals surface area contributed by atoms with Crippen molar-refractivity contribution in [1.82, 2.24) is 4.98 Å². The first-order valence-electron chi connectivity index (χ1n) is 4.77. The van der Waals surface area contributed by atoms with Gasteiger partial charge in [-0.25, -0.2) is 9.37 Å². The van der Waals surface area contributed by atoms with E-state index in [4.69, 9.17) is 0 Å². The number of hydrogen-bond acceptors (Lipinski definition) is 1. The Bertz CT molecular complexity index is 520. The molecule has 0 saturated carbocycles. The molecule has 0 radical (unpaired) electrons. The number of halogens is 4. The molecular weight excluding hydrogens is 234 g/mol. The van der Waals surface area contributed by atoms with E-state index in [1.165, 1.54) is 0 Å². The van der Waals surface area contributed by atoms with Gasteiger partial charge >= 0.3 is 6.18 Å². The number of benzene rings is 1. The molecule has 1 aromatic heterocycles. The Hall–Kier alpha value is -1.91. The lowest BCUT2D eigenvalue weighted by Crippen LogP contribution is -2.09. The Morgan fingerprint density at radius 2 is 1.59 bits per heavy atom. The molecule has 0 N–H and O–H groups in total. The second-order valence-corrected chi connectivity index (χ2v) is 3.42. The van der Waals surface area contributed by atoms with Crippen molar-refractivity contribution < 1.29 is 17.6 Å². The zero-order valence-electron chi connectivity index (χ0n) is 8.50. The number of rotatable bonds is 1. The number of aromatic nitrogens is 1. The molecule has 0 spiro atoms. The maximum absolute atomic E-state index is 13.1. The summed E-state index contributed by atoms with van der Waals surface area (Å²) in [5.41, 5.74) is -0.813. The van der Waals surface area contributed by atoms with E-state index in [0.29, 0.717) is 11.6 Å². The van der Waals surface area contributed by atoms with Gasteiger partial charge in [-0.15, -0.1) is 0 Å². The lowest BCUT2D eigenvalue weighted by molar-refractivity contribution is -0.141. The van der Waals surface area contributed by atoms with Crippen LogP contribution in [0.4, 0.5) is 17.6 Å². The molecule has 0 aliphatic heterocycles. The lowest BCUT2D eigenvalue weighted by Gasteiger charge is -2.08. The minimum Gasteiger partial charge on any atom is -0.243 e. The molecule has 0 unspecified atom stereocenters. The fourth-order valence-electron chi connectivity index (χ4n) is 1.40. The zero-order chi connectivity index (χ0) is 12.5. The van der Waals surface area contributed by atoms with E-state index in [-0.39, 0.29) is 5.69 Å². The van der Waals surface area contributed by atoms with Gasteiger partial charge in [0.1, 0.15) is 11.5 Å². The molecule has 0 saturated heterocycles. The van der Waals surface area contributed by atoms with E-state index in [9.17, 15) is 17.6 Å². The molecule has 0 amide bonds. The second kappa shape index (κ2) is 4.16. The van der Waals surface area contributed by atoms with Crippen LogP contribution in [0.15, 0.2) is 42.5 Å². The molecule has 2 aromatic rings. The summed E-state index contributed by atoms with van der Waals surface area (Å²) in [6, 6.07) is 9.51. The van der Waals surface area contributed by atoms with Gasteiger partial charge in [-0.05, 0) is 0 Å². The summed E-state index contributed by atoms with van der Waals surface area (Å²) in [5, 5.41) is 0. The number of hydrogen-bond donors (Lipinski definition) is 0. The van der Waals surface area contributed by atoms with Crippen molar-refractivity contribution in [1.29, 1.82) is 0 Å². The molecule has 1 heterocycles. The Balaban J connectivity index is 2.54. The van der Waals surface area contributed by atoms with Gasteiger partial charge in [0.15, 0.2) is 0 Å². The van der Waals surface area contributed by atoms with E-state index in [0.717, 1.165) is 6.07 Å². The Morgan fingerprint density at radius 1 is 0.941 bits per heavy atom. The van der Waals surface area contributed by atoms with Gasteiger partial charge in [-0.2, -0.15) is 13.2 Å². The van der Waals surface area contributed by atoms with Crippen LogP contribution >= 0.6 is 0 Å². The van der Waals surface area contributed by atoms with Crippen LogP contribution in [0.5, 0.6) is 0 Å². The van der Waals surface area contributed by atoms with Gasteiger partial charge in [-0.3, -0.25) is 0 Å². The molecule has 17 heavy (non-hydrogen) atoms. The summed E-state index contributed by atoms with van der Waals surface area (Å²) in [4.78, 5) is 3.41. The molecule has 88 valence electrons. The fraction of sp³-hybridized carbons (Fsp3) is 0.0833. The predicted octanol–water partition coefficient (Wildman–Crippen LogP) is 3.91. The third kappa shape index (κ3) is 2.61. The monoisotopic (exact) mass is 241 g/mol. The molecule has 0 fully saturated rings. The van der Waals surface area contributed by atoms with Gasteiger partial charge in [-0.1, -0.05) is 30.3 Å². The predicted molar refractivity (Wildman–Crippen MR) is 54.6 cm³/mol. The molecule has 2 rings (SSSR count). The Morgan fingerprint density at radius 3 is 2.18 bits per heavy atom. The molecule has 0 aliphatic carbocycles. The lowest BCUT2D eigenvalue weighted by atomic mass is 10.1. The summed E-state index contributed by atoms with van der Waals surface area (Å²) in [6.07, 6.45) is -4.65. The summed E-state index contributed by atoms with van der Waals surface area (Å²) >= 11 is 0. The minimum atomic E-state index is -4.65. The third-order valence-corrected chi connectivity index (χ3v) is 2.15. The first-order chi connectivity index (χ1) is 7.97. The van der Waals surface area contributed by atoms with Crippen LogP contribution in [0.1, 0.15) is 5.69 Å². The van der Waals surface area contributed by atoms with E-state index in [2.05, 4.69) is 4.98 Å². The molecule has 0 bridgehead atoms. The van der Waals surface area contributed by atoms with Crippen molar-refractivity contribution >= 4 is 0 Å². The quantitative estimate of drug-likeness (QED) is 0.690. The van der Waals surface area contributed by atoms with Crippen molar-refractivity contribution in [3.8, 4) is 11.3 Å². The van der Waals surface area contributed by atoms with E-state index in [1.807, 2.05) is 0 Å². The normalized spacial score (nSPS) is 11.5. The van der Waals surface area contributed by atoms with Gasteiger partial charge in [0, 0.05) is 17.7 Å². The fourth-order valence-corrected chi connectivity index (χ4v) is 1.40. The highest BCUT2D eigenvalue weighted by Crippen LogP contribution is 2.30. The molecule has 0 atom stereocenters. The topological polar surface area (TPSA) is 12.9 Å². The maximum Gasteiger partial charge on any atom is 0.433 e. The summed E-state index contributed by atoms with van der Waals surface area (Å²) < 4.78 is 50.4. The molecule has 1 aromatic carbocycles. The van der Waals surface area contributed by atoms with E-state index >= 15 is 0 Å². The highest BCUT2D eigenvalue weighted by Gasteiger charge is 2.33. The first kappa shape index (κ1) is 11.6. The number of pyridine rings is 1. The summed E-state index contributed by atoms with van der Waals surface area (Å²) in [6.45, 7) is 0. The van der Waals surface area contributed by atoms with Crippen LogP contribution in [-0.4, -0.2) is 4.98 Å². The van der Waals surface area contributed by atoms with Gasteiger partial charge in [0.2, 0.25) is 0 Å². The van der Waals surface area contributed by atoms with Crippen LogP contribution in [-0.2, 0) is 6.18 Å². The Labute approximate surface area is 94.7 Å². The van der Waals surface area contributed by atoms with Gasteiger partial charge < -0.3 is 0 Å². The summed E-state index contributed by atoms with van der Waals surface area (Å²) in [5.74, 6) is -0.953. The maximum atomic E-state index is 13.1. The highest BCUT2D eigenvalue weighted by molar-refractivity contribution is 5.59. The highest BCUT2D eigenvalue weighted by atomic mass is 19.4. The van der Waals surface area contributed by atoms with Crippen LogP contribution in [0.3, 0.4) is 0 Å². The van der Waals surface area contributed by atoms with Crippen molar-refractivity contribution in [2.24, 2.45) is 0 Å². The minimum absolute atomic E-state index is 0.0297. The molecule has 1 nitrogen and oxygen atoms in total. The van der Waals surface area contributed by atoms with Crippen LogP contribution < -0.4 is 0 Å². The average molecular weight is 241 g/mol. The van der Waals surface area contributed by atoms with E-state index in [1.54, 1.807) is 30.3 Å². The third-order valence-electron chi connectivity index (χ3n) is 2.15. The summed E-state index contributed by atoms with van der Waals surface area (Å²) in [7, 11) is 0. The van der Waals surface area contributed by atoms with Gasteiger partial charge in [0.05, 0.1) is 5.69 Å². The molecule has 0 aliphatic rings.